The number of rotatable bonds is 5. The number of nitrogens with zero attached hydrogens (tertiary/aromatic N) is 1. The van der Waals surface area contributed by atoms with Gasteiger partial charge in [0.15, 0.2) is 0 Å². The van der Waals surface area contributed by atoms with Gasteiger partial charge in [0.2, 0.25) is 0 Å². The lowest BCUT2D eigenvalue weighted by molar-refractivity contribution is -0.139. The van der Waals surface area contributed by atoms with Crippen molar-refractivity contribution in [2.45, 2.75) is 6.42 Å². The fourth-order valence-electron chi connectivity index (χ4n) is 1.16. The van der Waals surface area contributed by atoms with Crippen molar-refractivity contribution < 1.29 is 24.2 Å². The molecule has 8 heteroatoms. The normalized spacial score (nSPS) is 9.53. The number of methoxy groups -OCH3 is 1. The number of carboxylic acids is 1. The molecular weight excluding hydrogens is 254 g/mol. The van der Waals surface area contributed by atoms with Crippen molar-refractivity contribution in [1.29, 1.82) is 0 Å². The van der Waals surface area contributed by atoms with E-state index in [2.05, 4.69) is 20.4 Å². The molecule has 2 amide bonds. The first-order valence-corrected chi connectivity index (χ1v) is 5.29. The van der Waals surface area contributed by atoms with Gasteiger partial charge in [-0.3, -0.25) is 14.6 Å². The summed E-state index contributed by atoms with van der Waals surface area (Å²) in [6.07, 6.45) is 1.14. The summed E-state index contributed by atoms with van der Waals surface area (Å²) in [6, 6.07) is 2.42. The fourth-order valence-corrected chi connectivity index (χ4v) is 1.16. The number of carboxylic acid groups (broad SMARTS) is 1. The molecule has 3 N–H and O–H groups in total. The highest BCUT2D eigenvalue weighted by Gasteiger charge is 2.06. The van der Waals surface area contributed by atoms with Crippen LogP contribution < -0.4 is 10.6 Å². The molecule has 1 aromatic heterocycles. The zero-order chi connectivity index (χ0) is 14.3. The Balaban J connectivity index is 2.46. The van der Waals surface area contributed by atoms with Crippen LogP contribution in [0.3, 0.4) is 0 Å². The Kier molecular flexibility index (Phi) is 5.27. The van der Waals surface area contributed by atoms with Gasteiger partial charge in [0.25, 0.3) is 0 Å². The monoisotopic (exact) mass is 267 g/mol. The van der Waals surface area contributed by atoms with Gasteiger partial charge < -0.3 is 20.5 Å². The first-order valence-electron chi connectivity index (χ1n) is 5.29. The number of pyridine rings is 1. The van der Waals surface area contributed by atoms with Crippen LogP contribution in [-0.2, 0) is 20.7 Å². The van der Waals surface area contributed by atoms with Crippen molar-refractivity contribution in [3.63, 3.8) is 0 Å². The summed E-state index contributed by atoms with van der Waals surface area (Å²) < 4.78 is 4.35. The molecule has 8 nitrogen and oxygen atoms in total. The summed E-state index contributed by atoms with van der Waals surface area (Å²) >= 11 is 0. The molecular formula is C11H13N3O5. The molecule has 0 bridgehead atoms. The van der Waals surface area contributed by atoms with Crippen molar-refractivity contribution >= 4 is 23.7 Å². The molecule has 0 aliphatic rings. The van der Waals surface area contributed by atoms with Crippen molar-refractivity contribution in [1.82, 2.24) is 10.3 Å². The van der Waals surface area contributed by atoms with E-state index in [4.69, 9.17) is 5.11 Å². The standard InChI is InChI=1S/C11H13N3O5/c1-19-10(17)6-13-11(18)14-8-3-2-7(12-5-8)4-9(15)16/h2-3,5H,4,6H2,1H3,(H,15,16)(H2,13,14,18). The lowest BCUT2D eigenvalue weighted by Gasteiger charge is -2.06. The maximum Gasteiger partial charge on any atom is 0.325 e. The van der Waals surface area contributed by atoms with Crippen LogP contribution in [-0.4, -0.2) is 41.7 Å². The number of hydrogen-bond donors (Lipinski definition) is 3. The van der Waals surface area contributed by atoms with Gasteiger partial charge in [0.05, 0.1) is 31.1 Å². The highest BCUT2D eigenvalue weighted by Crippen LogP contribution is 2.06. The van der Waals surface area contributed by atoms with E-state index in [0.717, 1.165) is 0 Å². The van der Waals surface area contributed by atoms with Crippen molar-refractivity contribution in [2.75, 3.05) is 19.0 Å². The van der Waals surface area contributed by atoms with Crippen molar-refractivity contribution in [3.8, 4) is 0 Å². The molecule has 1 rings (SSSR count). The van der Waals surface area contributed by atoms with E-state index in [9.17, 15) is 14.4 Å². The predicted octanol–water partition coefficient (Wildman–Crippen LogP) is 0.00320. The molecule has 0 fully saturated rings. The number of esters is 1. The van der Waals surface area contributed by atoms with Crippen LogP contribution in [0, 0.1) is 0 Å². The minimum Gasteiger partial charge on any atom is -0.481 e. The largest absolute Gasteiger partial charge is 0.481 e. The molecule has 0 spiro atoms. The second kappa shape index (κ2) is 6.94. The highest BCUT2D eigenvalue weighted by atomic mass is 16.5. The minimum absolute atomic E-state index is 0.186. The number of anilines is 1. The SMILES string of the molecule is COC(=O)CNC(=O)Nc1ccc(CC(=O)O)nc1. The van der Waals surface area contributed by atoms with E-state index in [-0.39, 0.29) is 13.0 Å². The Hall–Kier alpha value is -2.64. The molecule has 1 heterocycles. The number of hydrogen-bond acceptors (Lipinski definition) is 5. The van der Waals surface area contributed by atoms with E-state index in [1.807, 2.05) is 0 Å². The van der Waals surface area contributed by atoms with Crippen LogP contribution in [0.4, 0.5) is 10.5 Å². The lowest BCUT2D eigenvalue weighted by Crippen LogP contribution is -2.33. The van der Waals surface area contributed by atoms with E-state index in [1.54, 1.807) is 0 Å². The van der Waals surface area contributed by atoms with E-state index in [0.29, 0.717) is 11.4 Å². The first kappa shape index (κ1) is 14.4. The third kappa shape index (κ3) is 5.48. The van der Waals surface area contributed by atoms with E-state index >= 15 is 0 Å². The molecule has 0 radical (unpaired) electrons. The number of aliphatic carboxylic acids is 1. The number of carbonyl (C=O) groups is 3. The lowest BCUT2D eigenvalue weighted by atomic mass is 10.2. The van der Waals surface area contributed by atoms with Crippen molar-refractivity contribution in [2.24, 2.45) is 0 Å². The zero-order valence-electron chi connectivity index (χ0n) is 10.2. The van der Waals surface area contributed by atoms with Crippen LogP contribution >= 0.6 is 0 Å². The molecule has 0 aliphatic heterocycles. The Morgan fingerprint density at radius 2 is 2.11 bits per heavy atom. The Labute approximate surface area is 108 Å². The van der Waals surface area contributed by atoms with Crippen LogP contribution in [0.1, 0.15) is 5.69 Å². The van der Waals surface area contributed by atoms with E-state index < -0.39 is 18.0 Å². The predicted molar refractivity (Wildman–Crippen MR) is 64.6 cm³/mol. The van der Waals surface area contributed by atoms with Gasteiger partial charge in [0, 0.05) is 0 Å². The van der Waals surface area contributed by atoms with Gasteiger partial charge in [-0.05, 0) is 12.1 Å². The Morgan fingerprint density at radius 1 is 1.37 bits per heavy atom. The average Bonchev–Trinajstić information content (AvgIpc) is 2.37. The van der Waals surface area contributed by atoms with Gasteiger partial charge in [-0.25, -0.2) is 4.79 Å². The number of aromatic nitrogens is 1. The number of ether oxygens (including phenoxy) is 1. The van der Waals surface area contributed by atoms with E-state index in [1.165, 1.54) is 25.4 Å². The summed E-state index contributed by atoms with van der Waals surface area (Å²) in [4.78, 5) is 36.4. The van der Waals surface area contributed by atoms with Crippen LogP contribution in [0.15, 0.2) is 18.3 Å². The van der Waals surface area contributed by atoms with Crippen LogP contribution in [0.2, 0.25) is 0 Å². The number of amides is 2. The fraction of sp³-hybridized carbons (Fsp3) is 0.273. The topological polar surface area (TPSA) is 118 Å². The summed E-state index contributed by atoms with van der Waals surface area (Å²) in [7, 11) is 1.22. The van der Waals surface area contributed by atoms with Gasteiger partial charge in [-0.15, -0.1) is 0 Å². The molecule has 1 aromatic rings. The highest BCUT2D eigenvalue weighted by molar-refractivity contribution is 5.91. The average molecular weight is 267 g/mol. The molecule has 0 unspecified atom stereocenters. The molecule has 19 heavy (non-hydrogen) atoms. The number of carbonyl (C=O) groups excluding carboxylic acids is 2. The molecule has 102 valence electrons. The number of urea groups is 1. The summed E-state index contributed by atoms with van der Waals surface area (Å²) in [5.41, 5.74) is 0.768. The molecule has 0 saturated heterocycles. The zero-order valence-corrected chi connectivity index (χ0v) is 10.2. The quantitative estimate of drug-likeness (QED) is 0.646. The summed E-state index contributed by atoms with van der Waals surface area (Å²) in [5.74, 6) is -1.55. The summed E-state index contributed by atoms with van der Waals surface area (Å²) in [5, 5.41) is 13.3. The Morgan fingerprint density at radius 3 is 2.63 bits per heavy atom. The number of nitrogens with one attached hydrogen (secondary N) is 2. The van der Waals surface area contributed by atoms with Crippen molar-refractivity contribution in [3.05, 3.63) is 24.0 Å². The maximum atomic E-state index is 11.3. The minimum atomic E-state index is -0.982. The molecule has 0 aromatic carbocycles. The molecule has 0 aliphatic carbocycles. The van der Waals surface area contributed by atoms with Gasteiger partial charge in [-0.2, -0.15) is 0 Å². The van der Waals surface area contributed by atoms with Gasteiger partial charge in [0.1, 0.15) is 6.54 Å². The smallest absolute Gasteiger partial charge is 0.325 e. The van der Waals surface area contributed by atoms with Crippen LogP contribution in [0.5, 0.6) is 0 Å². The second-order valence-electron chi connectivity index (χ2n) is 3.49. The Bertz CT molecular complexity index is 472. The third-order valence-corrected chi connectivity index (χ3v) is 2.04. The first-order chi connectivity index (χ1) is 9.01. The molecule has 0 atom stereocenters. The third-order valence-electron chi connectivity index (χ3n) is 2.04. The van der Waals surface area contributed by atoms with Gasteiger partial charge >= 0.3 is 18.0 Å². The van der Waals surface area contributed by atoms with Gasteiger partial charge in [-0.1, -0.05) is 0 Å². The van der Waals surface area contributed by atoms with Crippen LogP contribution in [0.25, 0.3) is 0 Å². The maximum absolute atomic E-state index is 11.3. The summed E-state index contributed by atoms with van der Waals surface area (Å²) in [6.45, 7) is -0.243. The molecule has 0 saturated carbocycles. The second-order valence-corrected chi connectivity index (χ2v) is 3.49.